The number of esters is 1. The number of amides is 1. The van der Waals surface area contributed by atoms with Crippen molar-refractivity contribution in [3.63, 3.8) is 0 Å². The van der Waals surface area contributed by atoms with Crippen LogP contribution in [0, 0.1) is 5.92 Å². The molecule has 1 saturated heterocycles. The number of furan rings is 1. The van der Waals surface area contributed by atoms with Crippen LogP contribution in [0.5, 0.6) is 0 Å². The molecule has 0 spiro atoms. The Morgan fingerprint density at radius 1 is 1.18 bits per heavy atom. The Labute approximate surface area is 228 Å². The Hall–Kier alpha value is -3.33. The number of hydrogen-bond donors (Lipinski definition) is 0. The van der Waals surface area contributed by atoms with E-state index in [4.69, 9.17) is 19.1 Å². The molecular weight excluding hydrogens is 500 g/mol. The summed E-state index contributed by atoms with van der Waals surface area (Å²) >= 11 is 1.48. The third kappa shape index (κ3) is 7.16. The minimum absolute atomic E-state index is 0.196. The molecule has 202 valence electrons. The summed E-state index contributed by atoms with van der Waals surface area (Å²) in [4.78, 5) is 38.6. The van der Waals surface area contributed by atoms with Crippen LogP contribution in [0.2, 0.25) is 0 Å². The van der Waals surface area contributed by atoms with Gasteiger partial charge in [0.25, 0.3) is 5.91 Å². The monoisotopic (exact) mass is 536 g/mol. The van der Waals surface area contributed by atoms with Gasteiger partial charge in [0.1, 0.15) is 11.6 Å². The first-order chi connectivity index (χ1) is 18.3. The number of nitrogens with zero attached hydrogens (tertiary/aromatic N) is 4. The number of likely N-dealkylation sites (tertiary alicyclic amines) is 1. The van der Waals surface area contributed by atoms with Gasteiger partial charge < -0.3 is 19.0 Å². The maximum absolute atomic E-state index is 13.0. The van der Waals surface area contributed by atoms with Crippen molar-refractivity contribution in [3.8, 4) is 0 Å². The van der Waals surface area contributed by atoms with Gasteiger partial charge in [0, 0.05) is 38.4 Å². The van der Waals surface area contributed by atoms with Crippen molar-refractivity contribution in [2.75, 3.05) is 31.6 Å². The van der Waals surface area contributed by atoms with E-state index in [0.717, 1.165) is 30.9 Å². The largest absolute Gasteiger partial charge is 0.466 e. The van der Waals surface area contributed by atoms with E-state index in [1.54, 1.807) is 17.9 Å². The van der Waals surface area contributed by atoms with Gasteiger partial charge in [-0.2, -0.15) is 0 Å². The zero-order valence-electron chi connectivity index (χ0n) is 22.6. The Bertz CT molecular complexity index is 1230. The number of hydrogen-bond acceptors (Lipinski definition) is 8. The maximum atomic E-state index is 13.0. The Kier molecular flexibility index (Phi) is 9.44. The van der Waals surface area contributed by atoms with E-state index in [0.29, 0.717) is 36.4 Å². The summed E-state index contributed by atoms with van der Waals surface area (Å²) in [7, 11) is 2.03. The van der Waals surface area contributed by atoms with E-state index in [1.807, 2.05) is 37.4 Å². The standard InChI is InChI=1S/C29H36N4O4S/c1-5-36-28(35)22-12-9-15-33(18-22)27(34)25-14-13-23(37-25)19-38-29-30-24(20(2)3)16-26(31-29)32(4)17-21-10-7-6-8-11-21/h6-8,10-11,13-14,16,20,22H,5,9,12,15,17-19H2,1-4H3. The van der Waals surface area contributed by atoms with Crippen LogP contribution < -0.4 is 4.90 Å². The molecule has 9 heteroatoms. The lowest BCUT2D eigenvalue weighted by molar-refractivity contribution is -0.149. The molecule has 3 heterocycles. The highest BCUT2D eigenvalue weighted by molar-refractivity contribution is 7.98. The van der Waals surface area contributed by atoms with E-state index in [-0.39, 0.29) is 29.5 Å². The van der Waals surface area contributed by atoms with Crippen LogP contribution in [0.25, 0.3) is 0 Å². The SMILES string of the molecule is CCOC(=O)C1CCCN(C(=O)c2ccc(CSc3nc(C(C)C)cc(N(C)Cc4ccccc4)n3)o2)C1. The van der Waals surface area contributed by atoms with Crippen LogP contribution in [0.4, 0.5) is 5.82 Å². The molecule has 0 radical (unpaired) electrons. The highest BCUT2D eigenvalue weighted by Crippen LogP contribution is 2.27. The average Bonchev–Trinajstić information content (AvgIpc) is 3.41. The lowest BCUT2D eigenvalue weighted by Gasteiger charge is -2.30. The lowest BCUT2D eigenvalue weighted by Crippen LogP contribution is -2.42. The molecular formula is C29H36N4O4S. The van der Waals surface area contributed by atoms with E-state index in [2.05, 4.69) is 30.9 Å². The van der Waals surface area contributed by atoms with Crippen molar-refractivity contribution >= 4 is 29.5 Å². The topological polar surface area (TPSA) is 88.8 Å². The summed E-state index contributed by atoms with van der Waals surface area (Å²) < 4.78 is 11.1. The minimum Gasteiger partial charge on any atom is -0.466 e. The van der Waals surface area contributed by atoms with Crippen LogP contribution >= 0.6 is 11.8 Å². The highest BCUT2D eigenvalue weighted by Gasteiger charge is 2.31. The summed E-state index contributed by atoms with van der Waals surface area (Å²) in [6.45, 7) is 8.09. The van der Waals surface area contributed by atoms with Gasteiger partial charge in [-0.15, -0.1) is 0 Å². The van der Waals surface area contributed by atoms with Crippen molar-refractivity contribution in [3.05, 3.63) is 71.3 Å². The molecule has 1 unspecified atom stereocenters. The quantitative estimate of drug-likeness (QED) is 0.190. The first kappa shape index (κ1) is 27.7. The number of thioether (sulfide) groups is 1. The minimum atomic E-state index is -0.280. The average molecular weight is 537 g/mol. The fraction of sp³-hybridized carbons (Fsp3) is 0.448. The molecule has 8 nitrogen and oxygen atoms in total. The van der Waals surface area contributed by atoms with Crippen LogP contribution in [0.3, 0.4) is 0 Å². The number of carbonyl (C=O) groups is 2. The van der Waals surface area contributed by atoms with Gasteiger partial charge in [0.05, 0.1) is 18.3 Å². The molecule has 1 atom stereocenters. The van der Waals surface area contributed by atoms with Crippen molar-refractivity contribution in [1.29, 1.82) is 0 Å². The predicted octanol–water partition coefficient (Wildman–Crippen LogP) is 5.54. The number of aromatic nitrogens is 2. The molecule has 3 aromatic rings. The Morgan fingerprint density at radius 3 is 2.71 bits per heavy atom. The fourth-order valence-corrected chi connectivity index (χ4v) is 5.15. The normalized spacial score (nSPS) is 15.5. The molecule has 0 N–H and O–H groups in total. The first-order valence-corrected chi connectivity index (χ1v) is 14.1. The van der Waals surface area contributed by atoms with E-state index in [1.165, 1.54) is 17.3 Å². The van der Waals surface area contributed by atoms with E-state index < -0.39 is 0 Å². The van der Waals surface area contributed by atoms with Gasteiger partial charge >= 0.3 is 5.97 Å². The van der Waals surface area contributed by atoms with E-state index in [9.17, 15) is 9.59 Å². The molecule has 1 aliphatic rings. The van der Waals surface area contributed by atoms with Crippen LogP contribution in [0.15, 0.2) is 58.1 Å². The first-order valence-electron chi connectivity index (χ1n) is 13.2. The summed E-state index contributed by atoms with van der Waals surface area (Å²) in [5.74, 6) is 1.88. The number of rotatable bonds is 10. The zero-order valence-corrected chi connectivity index (χ0v) is 23.4. The Morgan fingerprint density at radius 2 is 1.97 bits per heavy atom. The third-order valence-corrected chi connectivity index (χ3v) is 7.37. The van der Waals surface area contributed by atoms with Gasteiger partial charge in [-0.3, -0.25) is 9.59 Å². The Balaban J connectivity index is 1.41. The number of carbonyl (C=O) groups excluding carboxylic acids is 2. The summed E-state index contributed by atoms with van der Waals surface area (Å²) in [6.07, 6.45) is 1.50. The predicted molar refractivity (Wildman–Crippen MR) is 148 cm³/mol. The third-order valence-electron chi connectivity index (χ3n) is 6.50. The number of anilines is 1. The molecule has 0 aliphatic carbocycles. The number of piperidine rings is 1. The van der Waals surface area contributed by atoms with Gasteiger partial charge in [0.2, 0.25) is 0 Å². The highest BCUT2D eigenvalue weighted by atomic mass is 32.2. The summed E-state index contributed by atoms with van der Waals surface area (Å²) in [5, 5.41) is 0.670. The molecule has 38 heavy (non-hydrogen) atoms. The van der Waals surface area contributed by atoms with Gasteiger partial charge in [-0.1, -0.05) is 55.9 Å². The van der Waals surface area contributed by atoms with Crippen LogP contribution in [0.1, 0.15) is 67.1 Å². The molecule has 1 fully saturated rings. The van der Waals surface area contributed by atoms with Crippen molar-refractivity contribution in [2.45, 2.75) is 57.0 Å². The summed E-state index contributed by atoms with van der Waals surface area (Å²) in [6, 6.07) is 15.9. The number of ether oxygens (including phenoxy) is 1. The fourth-order valence-electron chi connectivity index (χ4n) is 4.40. The molecule has 1 amide bonds. The molecule has 2 aromatic heterocycles. The van der Waals surface area contributed by atoms with Gasteiger partial charge in [-0.05, 0) is 43.4 Å². The zero-order chi connectivity index (χ0) is 27.1. The van der Waals surface area contributed by atoms with Crippen molar-refractivity contribution in [2.24, 2.45) is 5.92 Å². The van der Waals surface area contributed by atoms with Crippen molar-refractivity contribution in [1.82, 2.24) is 14.9 Å². The van der Waals surface area contributed by atoms with Crippen LogP contribution in [-0.4, -0.2) is 53.5 Å². The number of benzene rings is 1. The molecule has 0 bridgehead atoms. The second-order valence-corrected chi connectivity index (χ2v) is 10.8. The van der Waals surface area contributed by atoms with Gasteiger partial charge in [-0.25, -0.2) is 9.97 Å². The molecule has 1 aromatic carbocycles. The van der Waals surface area contributed by atoms with E-state index >= 15 is 0 Å². The van der Waals surface area contributed by atoms with Crippen molar-refractivity contribution < 1.29 is 18.7 Å². The maximum Gasteiger partial charge on any atom is 0.310 e. The van der Waals surface area contributed by atoms with Gasteiger partial charge in [0.15, 0.2) is 10.9 Å². The lowest BCUT2D eigenvalue weighted by atomic mass is 9.98. The van der Waals surface area contributed by atoms with Crippen LogP contribution in [-0.2, 0) is 21.8 Å². The smallest absolute Gasteiger partial charge is 0.310 e. The second kappa shape index (κ2) is 13.0. The second-order valence-electron chi connectivity index (χ2n) is 9.83. The summed E-state index contributed by atoms with van der Waals surface area (Å²) in [5.41, 5.74) is 2.19. The molecule has 4 rings (SSSR count). The molecule has 1 aliphatic heterocycles. The molecule has 0 saturated carbocycles.